The van der Waals surface area contributed by atoms with Gasteiger partial charge in [0.25, 0.3) is 0 Å². The molecule has 1 amide bonds. The largest absolute Gasteiger partial charge is 0.505 e. The van der Waals surface area contributed by atoms with Gasteiger partial charge in [-0.1, -0.05) is 60.3 Å². The maximum absolute atomic E-state index is 12.9. The fraction of sp³-hybridized carbons (Fsp3) is 0.273. The third-order valence-electron chi connectivity index (χ3n) is 5.38. The van der Waals surface area contributed by atoms with Gasteiger partial charge in [-0.05, 0) is 36.6 Å². The maximum atomic E-state index is 12.9. The van der Waals surface area contributed by atoms with Crippen LogP contribution in [-0.4, -0.2) is 16.0 Å². The minimum atomic E-state index is -0.593. The lowest BCUT2D eigenvalue weighted by molar-refractivity contribution is -0.125. The van der Waals surface area contributed by atoms with E-state index in [9.17, 15) is 9.90 Å². The summed E-state index contributed by atoms with van der Waals surface area (Å²) in [7, 11) is 0. The molecule has 3 aromatic rings. The number of phenols is 1. The number of carbonyl (C=O) groups excluding carboxylic acids is 1. The fourth-order valence-electron chi connectivity index (χ4n) is 3.89. The summed E-state index contributed by atoms with van der Waals surface area (Å²) in [5, 5.41) is 15.8. The van der Waals surface area contributed by atoms with Gasteiger partial charge in [-0.25, -0.2) is 0 Å². The molecule has 1 aliphatic carbocycles. The van der Waals surface area contributed by atoms with E-state index in [1.54, 1.807) is 24.4 Å². The lowest BCUT2D eigenvalue weighted by atomic mass is 9.95. The van der Waals surface area contributed by atoms with Crippen LogP contribution in [0.15, 0.2) is 48.7 Å². The third-order valence-corrected chi connectivity index (χ3v) is 5.94. The monoisotopic (exact) mass is 414 g/mol. The zero-order valence-corrected chi connectivity index (χ0v) is 16.7. The Hall–Kier alpha value is -2.30. The van der Waals surface area contributed by atoms with Crippen LogP contribution >= 0.6 is 23.2 Å². The topological polar surface area (TPSA) is 62.2 Å². The van der Waals surface area contributed by atoms with Crippen molar-refractivity contribution in [3.8, 4) is 5.75 Å². The zero-order valence-electron chi connectivity index (χ0n) is 15.2. The summed E-state index contributed by atoms with van der Waals surface area (Å²) < 4.78 is 0. The summed E-state index contributed by atoms with van der Waals surface area (Å²) in [6, 6.07) is 12.0. The molecule has 1 saturated carbocycles. The number of hydrogen-bond donors (Lipinski definition) is 2. The number of halogens is 2. The van der Waals surface area contributed by atoms with Crippen LogP contribution in [0.2, 0.25) is 10.0 Å². The van der Waals surface area contributed by atoms with Crippen molar-refractivity contribution >= 4 is 40.0 Å². The Balaban J connectivity index is 1.80. The lowest BCUT2D eigenvalue weighted by Gasteiger charge is -2.24. The first-order valence-electron chi connectivity index (χ1n) is 9.36. The molecule has 2 N–H and O–H groups in total. The molecule has 4 nitrogen and oxygen atoms in total. The molecule has 4 rings (SSSR count). The predicted octanol–water partition coefficient (Wildman–Crippen LogP) is 5.64. The highest BCUT2D eigenvalue weighted by Gasteiger charge is 2.28. The van der Waals surface area contributed by atoms with Crippen molar-refractivity contribution in [2.45, 2.75) is 31.7 Å². The van der Waals surface area contributed by atoms with E-state index in [0.29, 0.717) is 26.7 Å². The molecular formula is C22H20Cl2N2O2. The van der Waals surface area contributed by atoms with Gasteiger partial charge in [0.15, 0.2) is 0 Å². The molecule has 0 radical (unpaired) electrons. The molecule has 0 aliphatic heterocycles. The van der Waals surface area contributed by atoms with Gasteiger partial charge in [0.2, 0.25) is 5.91 Å². The summed E-state index contributed by atoms with van der Waals surface area (Å²) in [5.74, 6) is 0.0178. The van der Waals surface area contributed by atoms with Crippen molar-refractivity contribution in [2.24, 2.45) is 5.92 Å². The van der Waals surface area contributed by atoms with Crippen LogP contribution in [0, 0.1) is 5.92 Å². The summed E-state index contributed by atoms with van der Waals surface area (Å²) in [6.07, 6.45) is 5.54. The summed E-state index contributed by atoms with van der Waals surface area (Å²) in [5.41, 5.74) is 1.73. The Kier molecular flexibility index (Phi) is 5.42. The summed E-state index contributed by atoms with van der Waals surface area (Å²) in [6.45, 7) is 0. The highest BCUT2D eigenvalue weighted by atomic mass is 35.5. The van der Waals surface area contributed by atoms with Crippen molar-refractivity contribution in [1.29, 1.82) is 0 Å². The molecule has 1 aromatic heterocycles. The fourth-order valence-corrected chi connectivity index (χ4v) is 4.40. The van der Waals surface area contributed by atoms with Crippen molar-refractivity contribution in [3.05, 3.63) is 69.8 Å². The molecule has 1 heterocycles. The second-order valence-electron chi connectivity index (χ2n) is 7.17. The van der Waals surface area contributed by atoms with E-state index in [2.05, 4.69) is 10.3 Å². The molecular weight excluding hydrogens is 395 g/mol. The van der Waals surface area contributed by atoms with Gasteiger partial charge in [-0.3, -0.25) is 9.78 Å². The summed E-state index contributed by atoms with van der Waals surface area (Å²) >= 11 is 12.5. The van der Waals surface area contributed by atoms with Crippen molar-refractivity contribution < 1.29 is 9.90 Å². The molecule has 6 heteroatoms. The Labute approximate surface area is 173 Å². The van der Waals surface area contributed by atoms with Crippen molar-refractivity contribution in [2.75, 3.05) is 0 Å². The van der Waals surface area contributed by atoms with E-state index in [-0.39, 0.29) is 17.6 Å². The van der Waals surface area contributed by atoms with Crippen LogP contribution in [0.3, 0.4) is 0 Å². The lowest BCUT2D eigenvalue weighted by Crippen LogP contribution is -2.33. The molecule has 0 bridgehead atoms. The number of carbonyl (C=O) groups is 1. The standard InChI is InChI=1S/C22H20Cl2N2O2/c23-15-8-10-16(18(24)12-15)20(26-22(28)14-4-1-2-5-14)17-9-7-13-6-3-11-25-19(13)21(17)27/h3,6-12,14,20,27H,1-2,4-5H2,(H,26,28). The Morgan fingerprint density at radius 3 is 2.61 bits per heavy atom. The number of benzene rings is 2. The van der Waals surface area contributed by atoms with Crippen molar-refractivity contribution in [1.82, 2.24) is 10.3 Å². The number of rotatable bonds is 4. The minimum Gasteiger partial charge on any atom is -0.505 e. The quantitative estimate of drug-likeness (QED) is 0.580. The average Bonchev–Trinajstić information content (AvgIpc) is 3.22. The van der Waals surface area contributed by atoms with Gasteiger partial charge in [0.1, 0.15) is 11.3 Å². The molecule has 1 unspecified atom stereocenters. The molecule has 1 atom stereocenters. The van der Waals surface area contributed by atoms with Gasteiger partial charge in [0, 0.05) is 33.1 Å². The Bertz CT molecular complexity index is 1030. The number of fused-ring (bicyclic) bond motifs is 1. The zero-order chi connectivity index (χ0) is 19.7. The molecule has 28 heavy (non-hydrogen) atoms. The van der Waals surface area contributed by atoms with Gasteiger partial charge < -0.3 is 10.4 Å². The molecule has 1 fully saturated rings. The normalized spacial score (nSPS) is 15.6. The SMILES string of the molecule is O=C(NC(c1ccc(Cl)cc1Cl)c1ccc2cccnc2c1O)C1CCCC1. The molecule has 144 valence electrons. The number of aromatic hydroxyl groups is 1. The second-order valence-corrected chi connectivity index (χ2v) is 8.01. The summed E-state index contributed by atoms with van der Waals surface area (Å²) in [4.78, 5) is 17.2. The van der Waals surface area contributed by atoms with Gasteiger partial charge in [-0.2, -0.15) is 0 Å². The average molecular weight is 415 g/mol. The van der Waals surface area contributed by atoms with Crippen LogP contribution in [0.5, 0.6) is 5.75 Å². The molecule has 0 spiro atoms. The first-order chi connectivity index (χ1) is 13.5. The third kappa shape index (κ3) is 3.67. The first-order valence-corrected chi connectivity index (χ1v) is 10.1. The molecule has 1 aliphatic rings. The highest BCUT2D eigenvalue weighted by Crippen LogP contribution is 2.38. The number of pyridine rings is 1. The van der Waals surface area contributed by atoms with E-state index in [4.69, 9.17) is 23.2 Å². The minimum absolute atomic E-state index is 0.00528. The number of phenolic OH excluding ortho intramolecular Hbond substituents is 1. The first kappa shape index (κ1) is 19.0. The van der Waals surface area contributed by atoms with Gasteiger partial charge in [-0.15, -0.1) is 0 Å². The van der Waals surface area contributed by atoms with E-state index in [1.807, 2.05) is 24.3 Å². The van der Waals surface area contributed by atoms with Crippen LogP contribution < -0.4 is 5.32 Å². The number of amides is 1. The van der Waals surface area contributed by atoms with Crippen LogP contribution in [0.1, 0.15) is 42.9 Å². The number of aromatic nitrogens is 1. The van der Waals surface area contributed by atoms with Gasteiger partial charge >= 0.3 is 0 Å². The van der Waals surface area contributed by atoms with Gasteiger partial charge in [0.05, 0.1) is 6.04 Å². The Morgan fingerprint density at radius 1 is 1.11 bits per heavy atom. The van der Waals surface area contributed by atoms with E-state index in [0.717, 1.165) is 31.1 Å². The highest BCUT2D eigenvalue weighted by molar-refractivity contribution is 6.35. The van der Waals surface area contributed by atoms with Crippen molar-refractivity contribution in [3.63, 3.8) is 0 Å². The van der Waals surface area contributed by atoms with E-state index < -0.39 is 6.04 Å². The van der Waals surface area contributed by atoms with E-state index >= 15 is 0 Å². The number of hydrogen-bond acceptors (Lipinski definition) is 3. The molecule has 0 saturated heterocycles. The Morgan fingerprint density at radius 2 is 1.86 bits per heavy atom. The predicted molar refractivity (Wildman–Crippen MR) is 112 cm³/mol. The maximum Gasteiger partial charge on any atom is 0.223 e. The second kappa shape index (κ2) is 7.98. The van der Waals surface area contributed by atoms with E-state index in [1.165, 1.54) is 0 Å². The molecule has 2 aromatic carbocycles. The van der Waals surface area contributed by atoms with Crippen LogP contribution in [0.4, 0.5) is 0 Å². The number of nitrogens with zero attached hydrogens (tertiary/aromatic N) is 1. The van der Waals surface area contributed by atoms with Crippen LogP contribution in [-0.2, 0) is 4.79 Å². The van der Waals surface area contributed by atoms with Crippen LogP contribution in [0.25, 0.3) is 10.9 Å². The smallest absolute Gasteiger partial charge is 0.223 e. The number of nitrogens with one attached hydrogen (secondary N) is 1.